The number of aromatic nitrogens is 4. The number of nitrogens with one attached hydrogen (secondary N) is 1. The lowest BCUT2D eigenvalue weighted by molar-refractivity contribution is -0.118. The van der Waals surface area contributed by atoms with Gasteiger partial charge in [-0.25, -0.2) is 14.6 Å². The van der Waals surface area contributed by atoms with Gasteiger partial charge in [0.2, 0.25) is 5.88 Å². The third kappa shape index (κ3) is 3.50. The smallest absolute Gasteiger partial charge is 0.262 e. The number of benzene rings is 2. The van der Waals surface area contributed by atoms with Crippen molar-refractivity contribution in [3.63, 3.8) is 0 Å². The Balaban J connectivity index is 1.48. The zero-order valence-electron chi connectivity index (χ0n) is 14.6. The number of anilines is 1. The summed E-state index contributed by atoms with van der Waals surface area (Å²) in [5.74, 6) is -0.0610. The van der Waals surface area contributed by atoms with Crippen LogP contribution in [0.15, 0.2) is 67.1 Å². The Bertz CT molecular complexity index is 1160. The summed E-state index contributed by atoms with van der Waals surface area (Å²) in [4.78, 5) is 20.5. The molecule has 0 unspecified atom stereocenters. The van der Waals surface area contributed by atoms with Crippen molar-refractivity contribution in [3.8, 4) is 17.6 Å². The van der Waals surface area contributed by atoms with Crippen LogP contribution in [0.25, 0.3) is 16.7 Å². The van der Waals surface area contributed by atoms with E-state index in [0.29, 0.717) is 22.3 Å². The lowest BCUT2D eigenvalue weighted by atomic mass is 10.2. The average molecular weight is 370 g/mol. The Hall–Kier alpha value is -4.25. The third-order valence-electron chi connectivity index (χ3n) is 3.97. The highest BCUT2D eigenvalue weighted by Gasteiger charge is 2.13. The van der Waals surface area contributed by atoms with Gasteiger partial charge < -0.3 is 10.1 Å². The number of nitriles is 1. The van der Waals surface area contributed by atoms with E-state index in [1.54, 1.807) is 35.1 Å². The molecule has 0 radical (unpaired) electrons. The molecule has 0 spiro atoms. The molecule has 2 aromatic heterocycles. The summed E-state index contributed by atoms with van der Waals surface area (Å²) in [6.45, 7) is -0.220. The number of rotatable bonds is 5. The number of fused-ring (bicyclic) bond motifs is 1. The number of hydrogen-bond acceptors (Lipinski definition) is 6. The quantitative estimate of drug-likeness (QED) is 0.579. The normalized spacial score (nSPS) is 10.4. The highest BCUT2D eigenvalue weighted by Crippen LogP contribution is 2.23. The van der Waals surface area contributed by atoms with Crippen LogP contribution in [0.5, 0.6) is 5.88 Å². The minimum absolute atomic E-state index is 0.220. The number of carbonyl (C=O) groups is 1. The molecule has 4 rings (SSSR count). The second kappa shape index (κ2) is 7.55. The second-order valence-corrected chi connectivity index (χ2v) is 5.83. The Kier molecular flexibility index (Phi) is 4.63. The summed E-state index contributed by atoms with van der Waals surface area (Å²) in [5, 5.41) is 16.5. The molecule has 0 bridgehead atoms. The first kappa shape index (κ1) is 17.2. The van der Waals surface area contributed by atoms with E-state index in [0.717, 1.165) is 5.69 Å². The maximum Gasteiger partial charge on any atom is 0.262 e. The van der Waals surface area contributed by atoms with Crippen LogP contribution in [-0.4, -0.2) is 32.3 Å². The summed E-state index contributed by atoms with van der Waals surface area (Å²) in [6.07, 6.45) is 2.98. The SMILES string of the molecule is N#Cc1ccc(NC(=O)COc2ncnc3c2cnn3-c2ccccc2)cc1. The number of ether oxygens (including phenoxy) is 1. The maximum absolute atomic E-state index is 12.1. The van der Waals surface area contributed by atoms with Crippen molar-refractivity contribution in [3.05, 3.63) is 72.7 Å². The Morgan fingerprint density at radius 3 is 2.64 bits per heavy atom. The molecule has 0 atom stereocenters. The van der Waals surface area contributed by atoms with Crippen LogP contribution in [-0.2, 0) is 4.79 Å². The van der Waals surface area contributed by atoms with E-state index < -0.39 is 0 Å². The van der Waals surface area contributed by atoms with Crippen LogP contribution >= 0.6 is 0 Å². The predicted molar refractivity (Wildman–Crippen MR) is 102 cm³/mol. The van der Waals surface area contributed by atoms with E-state index >= 15 is 0 Å². The third-order valence-corrected chi connectivity index (χ3v) is 3.97. The van der Waals surface area contributed by atoms with Crippen molar-refractivity contribution in [2.45, 2.75) is 0 Å². The van der Waals surface area contributed by atoms with Gasteiger partial charge in [-0.15, -0.1) is 0 Å². The predicted octanol–water partition coefficient (Wildman–Crippen LogP) is 2.70. The van der Waals surface area contributed by atoms with E-state index in [-0.39, 0.29) is 18.4 Å². The van der Waals surface area contributed by atoms with Crippen LogP contribution in [0.4, 0.5) is 5.69 Å². The molecule has 1 amide bonds. The minimum Gasteiger partial charge on any atom is -0.467 e. The van der Waals surface area contributed by atoms with Gasteiger partial charge in [0.15, 0.2) is 12.3 Å². The molecule has 4 aromatic rings. The molecule has 0 aliphatic carbocycles. The molecule has 8 nitrogen and oxygen atoms in total. The van der Waals surface area contributed by atoms with Crippen molar-refractivity contribution in [2.24, 2.45) is 0 Å². The van der Waals surface area contributed by atoms with E-state index in [2.05, 4.69) is 20.4 Å². The fraction of sp³-hybridized carbons (Fsp3) is 0.0500. The molecule has 0 saturated carbocycles. The molecule has 28 heavy (non-hydrogen) atoms. The topological polar surface area (TPSA) is 106 Å². The van der Waals surface area contributed by atoms with E-state index in [1.165, 1.54) is 6.33 Å². The average Bonchev–Trinajstić information content (AvgIpc) is 3.18. The summed E-state index contributed by atoms with van der Waals surface area (Å²) in [6, 6.07) is 18.2. The van der Waals surface area contributed by atoms with Crippen molar-refractivity contribution in [2.75, 3.05) is 11.9 Å². The summed E-state index contributed by atoms with van der Waals surface area (Å²) >= 11 is 0. The zero-order chi connectivity index (χ0) is 19.3. The van der Waals surface area contributed by atoms with Gasteiger partial charge in [0.1, 0.15) is 11.7 Å². The van der Waals surface area contributed by atoms with Crippen molar-refractivity contribution in [1.29, 1.82) is 5.26 Å². The van der Waals surface area contributed by atoms with Gasteiger partial charge in [-0.1, -0.05) is 18.2 Å². The highest BCUT2D eigenvalue weighted by molar-refractivity contribution is 5.92. The summed E-state index contributed by atoms with van der Waals surface area (Å²) in [7, 11) is 0. The zero-order valence-corrected chi connectivity index (χ0v) is 14.6. The molecule has 136 valence electrons. The number of amides is 1. The number of hydrogen-bond donors (Lipinski definition) is 1. The standard InChI is InChI=1S/C20H14N6O2/c21-10-14-6-8-15(9-7-14)25-18(27)12-28-20-17-11-24-26(19(17)22-13-23-20)16-4-2-1-3-5-16/h1-9,11,13H,12H2,(H,25,27). The molecule has 0 saturated heterocycles. The van der Waals surface area contributed by atoms with Crippen LogP contribution in [0.2, 0.25) is 0 Å². The first-order valence-corrected chi connectivity index (χ1v) is 8.41. The lowest BCUT2D eigenvalue weighted by Crippen LogP contribution is -2.20. The molecule has 0 aliphatic heterocycles. The molecule has 8 heteroatoms. The van der Waals surface area contributed by atoms with Gasteiger partial charge >= 0.3 is 0 Å². The number of nitrogens with zero attached hydrogens (tertiary/aromatic N) is 5. The molecular formula is C20H14N6O2. The van der Waals surface area contributed by atoms with Gasteiger partial charge in [0, 0.05) is 5.69 Å². The molecular weight excluding hydrogens is 356 g/mol. The Morgan fingerprint density at radius 2 is 1.89 bits per heavy atom. The maximum atomic E-state index is 12.1. The van der Waals surface area contributed by atoms with Gasteiger partial charge in [0.25, 0.3) is 5.91 Å². The second-order valence-electron chi connectivity index (χ2n) is 5.83. The lowest BCUT2D eigenvalue weighted by Gasteiger charge is -2.08. The van der Waals surface area contributed by atoms with E-state index in [4.69, 9.17) is 10.00 Å². The van der Waals surface area contributed by atoms with E-state index in [1.807, 2.05) is 36.4 Å². The number of carbonyl (C=O) groups excluding carboxylic acids is 1. The van der Waals surface area contributed by atoms with Crippen LogP contribution in [0, 0.1) is 11.3 Å². The van der Waals surface area contributed by atoms with Crippen LogP contribution in [0.1, 0.15) is 5.56 Å². The monoisotopic (exact) mass is 370 g/mol. The first-order chi connectivity index (χ1) is 13.7. The van der Waals surface area contributed by atoms with Crippen molar-refractivity contribution >= 4 is 22.6 Å². The molecule has 1 N–H and O–H groups in total. The van der Waals surface area contributed by atoms with E-state index in [9.17, 15) is 4.79 Å². The molecule has 2 heterocycles. The Morgan fingerprint density at radius 1 is 1.11 bits per heavy atom. The fourth-order valence-corrected chi connectivity index (χ4v) is 2.65. The van der Waals surface area contributed by atoms with Gasteiger partial charge in [-0.3, -0.25) is 4.79 Å². The summed E-state index contributed by atoms with van der Waals surface area (Å²) < 4.78 is 7.26. The summed E-state index contributed by atoms with van der Waals surface area (Å²) in [5.41, 5.74) is 2.55. The molecule has 0 aliphatic rings. The van der Waals surface area contributed by atoms with Crippen LogP contribution in [0.3, 0.4) is 0 Å². The number of para-hydroxylation sites is 1. The molecule has 2 aromatic carbocycles. The fourth-order valence-electron chi connectivity index (χ4n) is 2.65. The van der Waals surface area contributed by atoms with Gasteiger partial charge in [-0.05, 0) is 36.4 Å². The van der Waals surface area contributed by atoms with Gasteiger partial charge in [-0.2, -0.15) is 10.4 Å². The highest BCUT2D eigenvalue weighted by atomic mass is 16.5. The Labute approximate surface area is 160 Å². The van der Waals surface area contributed by atoms with Gasteiger partial charge in [0.05, 0.1) is 23.5 Å². The largest absolute Gasteiger partial charge is 0.467 e. The van der Waals surface area contributed by atoms with Crippen molar-refractivity contribution < 1.29 is 9.53 Å². The minimum atomic E-state index is -0.341. The van der Waals surface area contributed by atoms with Crippen molar-refractivity contribution in [1.82, 2.24) is 19.7 Å². The molecule has 0 fully saturated rings. The first-order valence-electron chi connectivity index (χ1n) is 8.41. The van der Waals surface area contributed by atoms with Crippen LogP contribution < -0.4 is 10.1 Å².